The van der Waals surface area contributed by atoms with Gasteiger partial charge in [-0.2, -0.15) is 0 Å². The quantitative estimate of drug-likeness (QED) is 0.0487. The molecular weight excluding hydrogens is 464 g/mol. The molecule has 226 valence electrons. The number of hydrogen-bond donors (Lipinski definition) is 0. The molecule has 0 N–H and O–H groups in total. The number of hydrogen-bond acceptors (Lipinski definition) is 2. The summed E-state index contributed by atoms with van der Waals surface area (Å²) in [5.74, 6) is 0.0202. The van der Waals surface area contributed by atoms with Gasteiger partial charge in [0.05, 0.1) is 6.61 Å². The summed E-state index contributed by atoms with van der Waals surface area (Å²) in [5.41, 5.74) is 0. The minimum atomic E-state index is 0.0202. The van der Waals surface area contributed by atoms with Gasteiger partial charge in [-0.05, 0) is 32.1 Å². The molecule has 0 bridgehead atoms. The van der Waals surface area contributed by atoms with E-state index in [2.05, 4.69) is 26.0 Å². The Bertz CT molecular complexity index is 470. The van der Waals surface area contributed by atoms with Crippen molar-refractivity contribution in [1.82, 2.24) is 0 Å². The van der Waals surface area contributed by atoms with Gasteiger partial charge in [0.25, 0.3) is 0 Å². The first-order valence-corrected chi connectivity index (χ1v) is 17.6. The largest absolute Gasteiger partial charge is 0.466 e. The van der Waals surface area contributed by atoms with E-state index in [4.69, 9.17) is 4.74 Å². The van der Waals surface area contributed by atoms with Crippen molar-refractivity contribution in [2.75, 3.05) is 6.61 Å². The second-order valence-corrected chi connectivity index (χ2v) is 11.9. The lowest BCUT2D eigenvalue weighted by Crippen LogP contribution is -2.05. The van der Waals surface area contributed by atoms with Crippen molar-refractivity contribution in [3.8, 4) is 0 Å². The van der Waals surface area contributed by atoms with Crippen molar-refractivity contribution in [1.29, 1.82) is 0 Å². The van der Waals surface area contributed by atoms with E-state index in [1.54, 1.807) is 0 Å². The second-order valence-electron chi connectivity index (χ2n) is 11.9. The highest BCUT2D eigenvalue weighted by Crippen LogP contribution is 2.15. The van der Waals surface area contributed by atoms with Crippen LogP contribution in [-0.2, 0) is 9.53 Å². The summed E-state index contributed by atoms with van der Waals surface area (Å²) >= 11 is 0. The molecule has 0 aromatic heterocycles. The standard InChI is InChI=1S/C36H70O2/c1-3-5-7-9-11-13-15-17-18-19-20-21-22-23-24-26-28-30-32-34-36(37)38-35-33-31-29-27-25-16-14-12-10-8-6-4-2/h10,12H,3-9,11,13-35H2,1-2H3/b12-10+. The van der Waals surface area contributed by atoms with E-state index >= 15 is 0 Å². The lowest BCUT2D eigenvalue weighted by atomic mass is 10.0. The van der Waals surface area contributed by atoms with E-state index in [1.165, 1.54) is 173 Å². The van der Waals surface area contributed by atoms with Gasteiger partial charge in [-0.3, -0.25) is 4.79 Å². The predicted octanol–water partition coefficient (Wildman–Crippen LogP) is 12.8. The molecular formula is C36H70O2. The number of ether oxygens (including phenoxy) is 1. The highest BCUT2D eigenvalue weighted by Gasteiger charge is 2.02. The molecule has 0 radical (unpaired) electrons. The zero-order valence-corrected chi connectivity index (χ0v) is 26.4. The summed E-state index contributed by atoms with van der Waals surface area (Å²) in [7, 11) is 0. The number of carbonyl (C=O) groups is 1. The van der Waals surface area contributed by atoms with E-state index in [-0.39, 0.29) is 5.97 Å². The third-order valence-corrected chi connectivity index (χ3v) is 7.90. The van der Waals surface area contributed by atoms with Gasteiger partial charge in [0, 0.05) is 6.42 Å². The van der Waals surface area contributed by atoms with Crippen LogP contribution in [0.15, 0.2) is 12.2 Å². The van der Waals surface area contributed by atoms with Crippen molar-refractivity contribution >= 4 is 5.97 Å². The van der Waals surface area contributed by atoms with Crippen LogP contribution in [0.1, 0.15) is 206 Å². The minimum absolute atomic E-state index is 0.0202. The van der Waals surface area contributed by atoms with Crippen LogP contribution in [0.4, 0.5) is 0 Å². The summed E-state index contributed by atoms with van der Waals surface area (Å²) in [6, 6.07) is 0. The number of carbonyl (C=O) groups excluding carboxylic acids is 1. The Kier molecular flexibility index (Phi) is 33.5. The third-order valence-electron chi connectivity index (χ3n) is 7.90. The molecule has 0 aliphatic carbocycles. The molecule has 0 spiro atoms. The lowest BCUT2D eigenvalue weighted by molar-refractivity contribution is -0.143. The SMILES string of the molecule is CCCC/C=C/CCCCCCCCOC(=O)CCCCCCCCCCCCCCCCCCCCC. The van der Waals surface area contributed by atoms with Crippen LogP contribution in [0, 0.1) is 0 Å². The molecule has 0 heterocycles. The Labute approximate surface area is 240 Å². The molecule has 0 unspecified atom stereocenters. The van der Waals surface area contributed by atoms with Crippen LogP contribution in [0.2, 0.25) is 0 Å². The average molecular weight is 535 g/mol. The summed E-state index contributed by atoms with van der Waals surface area (Å²) < 4.78 is 5.42. The molecule has 0 rings (SSSR count). The fraction of sp³-hybridized carbons (Fsp3) is 0.917. The van der Waals surface area contributed by atoms with Crippen molar-refractivity contribution in [2.24, 2.45) is 0 Å². The van der Waals surface area contributed by atoms with Crippen LogP contribution < -0.4 is 0 Å². The number of unbranched alkanes of at least 4 members (excludes halogenated alkanes) is 26. The van der Waals surface area contributed by atoms with Crippen LogP contribution in [0.25, 0.3) is 0 Å². The highest BCUT2D eigenvalue weighted by atomic mass is 16.5. The van der Waals surface area contributed by atoms with E-state index < -0.39 is 0 Å². The summed E-state index contributed by atoms with van der Waals surface area (Å²) in [4.78, 5) is 11.9. The van der Waals surface area contributed by atoms with Gasteiger partial charge in [-0.25, -0.2) is 0 Å². The van der Waals surface area contributed by atoms with Crippen LogP contribution in [-0.4, -0.2) is 12.6 Å². The lowest BCUT2D eigenvalue weighted by Gasteiger charge is -2.05. The fourth-order valence-corrected chi connectivity index (χ4v) is 5.23. The predicted molar refractivity (Wildman–Crippen MR) is 170 cm³/mol. The maximum Gasteiger partial charge on any atom is 0.305 e. The molecule has 0 aromatic carbocycles. The first kappa shape index (κ1) is 37.2. The van der Waals surface area contributed by atoms with Gasteiger partial charge in [-0.1, -0.05) is 180 Å². The zero-order chi connectivity index (χ0) is 27.6. The van der Waals surface area contributed by atoms with E-state index in [1.807, 2.05) is 0 Å². The maximum absolute atomic E-state index is 11.9. The van der Waals surface area contributed by atoms with Gasteiger partial charge >= 0.3 is 5.97 Å². The van der Waals surface area contributed by atoms with Crippen molar-refractivity contribution in [3.63, 3.8) is 0 Å². The first-order chi connectivity index (χ1) is 18.8. The monoisotopic (exact) mass is 535 g/mol. The van der Waals surface area contributed by atoms with Crippen molar-refractivity contribution in [2.45, 2.75) is 206 Å². The normalized spacial score (nSPS) is 11.5. The molecule has 0 saturated carbocycles. The Morgan fingerprint density at radius 2 is 0.763 bits per heavy atom. The van der Waals surface area contributed by atoms with Crippen LogP contribution in [0.3, 0.4) is 0 Å². The molecule has 0 aliphatic rings. The summed E-state index contributed by atoms with van der Waals surface area (Å²) in [5, 5.41) is 0. The molecule has 0 amide bonds. The number of allylic oxidation sites excluding steroid dienone is 2. The first-order valence-electron chi connectivity index (χ1n) is 17.6. The molecule has 2 nitrogen and oxygen atoms in total. The van der Waals surface area contributed by atoms with Gasteiger partial charge in [0.1, 0.15) is 0 Å². The second kappa shape index (κ2) is 34.2. The van der Waals surface area contributed by atoms with Gasteiger partial charge in [0.2, 0.25) is 0 Å². The van der Waals surface area contributed by atoms with E-state index in [0.717, 1.165) is 12.8 Å². The molecule has 2 heteroatoms. The Morgan fingerprint density at radius 3 is 1.21 bits per heavy atom. The third kappa shape index (κ3) is 33.2. The van der Waals surface area contributed by atoms with Gasteiger partial charge in [-0.15, -0.1) is 0 Å². The van der Waals surface area contributed by atoms with Gasteiger partial charge in [0.15, 0.2) is 0 Å². The highest BCUT2D eigenvalue weighted by molar-refractivity contribution is 5.69. The Hall–Kier alpha value is -0.790. The summed E-state index contributed by atoms with van der Waals surface area (Å²) in [6.07, 6.45) is 44.2. The van der Waals surface area contributed by atoms with Gasteiger partial charge < -0.3 is 4.74 Å². The molecule has 0 atom stereocenters. The maximum atomic E-state index is 11.9. The van der Waals surface area contributed by atoms with Crippen molar-refractivity contribution < 1.29 is 9.53 Å². The van der Waals surface area contributed by atoms with E-state index in [0.29, 0.717) is 13.0 Å². The minimum Gasteiger partial charge on any atom is -0.466 e. The Balaban J connectivity index is 3.16. The molecule has 0 fully saturated rings. The fourth-order valence-electron chi connectivity index (χ4n) is 5.23. The molecule has 0 aromatic rings. The molecule has 38 heavy (non-hydrogen) atoms. The van der Waals surface area contributed by atoms with Crippen LogP contribution in [0.5, 0.6) is 0 Å². The number of esters is 1. The Morgan fingerprint density at radius 1 is 0.421 bits per heavy atom. The summed E-state index contributed by atoms with van der Waals surface area (Å²) in [6.45, 7) is 5.17. The van der Waals surface area contributed by atoms with Crippen molar-refractivity contribution in [3.05, 3.63) is 12.2 Å². The molecule has 0 saturated heterocycles. The smallest absolute Gasteiger partial charge is 0.305 e. The topological polar surface area (TPSA) is 26.3 Å². The van der Waals surface area contributed by atoms with E-state index in [9.17, 15) is 4.79 Å². The molecule has 0 aliphatic heterocycles. The average Bonchev–Trinajstić information content (AvgIpc) is 2.92. The van der Waals surface area contributed by atoms with Crippen LogP contribution >= 0.6 is 0 Å². The number of rotatable bonds is 32. The zero-order valence-electron chi connectivity index (χ0n) is 26.4.